The minimum absolute atomic E-state index is 0.0158. The highest BCUT2D eigenvalue weighted by molar-refractivity contribution is 6.42. The van der Waals surface area contributed by atoms with Crippen molar-refractivity contribution in [2.45, 2.75) is 38.3 Å². The lowest BCUT2D eigenvalue weighted by Gasteiger charge is -2.72. The van der Waals surface area contributed by atoms with Gasteiger partial charge in [-0.25, -0.2) is 4.39 Å². The van der Waals surface area contributed by atoms with E-state index in [2.05, 4.69) is 12.4 Å². The monoisotopic (exact) mass is 421 g/mol. The summed E-state index contributed by atoms with van der Waals surface area (Å²) in [7, 11) is 2.22. The summed E-state index contributed by atoms with van der Waals surface area (Å²) >= 11 is 12.1. The molecular formula is C22H24Cl2FN2O+. The van der Waals surface area contributed by atoms with Crippen LogP contribution >= 0.6 is 23.2 Å². The van der Waals surface area contributed by atoms with Crippen molar-refractivity contribution in [1.29, 1.82) is 0 Å². The second kappa shape index (κ2) is 7.01. The zero-order valence-electron chi connectivity index (χ0n) is 16.0. The molecule has 3 nitrogen and oxygen atoms in total. The van der Waals surface area contributed by atoms with Gasteiger partial charge in [0, 0.05) is 36.4 Å². The third-order valence-corrected chi connectivity index (χ3v) is 7.59. The Bertz CT molecular complexity index is 895. The summed E-state index contributed by atoms with van der Waals surface area (Å²) in [4.78, 5) is 14.1. The number of hydrogen-bond acceptors (Lipinski definition) is 1. The molecule has 0 aromatic heterocycles. The van der Waals surface area contributed by atoms with E-state index in [1.54, 1.807) is 12.1 Å². The molecular weight excluding hydrogens is 398 g/mol. The topological polar surface area (TPSA) is 33.5 Å². The predicted octanol–water partition coefficient (Wildman–Crippen LogP) is 4.34. The molecule has 28 heavy (non-hydrogen) atoms. The molecule has 5 rings (SSSR count). The highest BCUT2D eigenvalue weighted by Gasteiger charge is 2.75. The van der Waals surface area contributed by atoms with Gasteiger partial charge in [-0.3, -0.25) is 4.79 Å². The highest BCUT2D eigenvalue weighted by Crippen LogP contribution is 2.69. The lowest BCUT2D eigenvalue weighted by Crippen LogP contribution is -3.22. The first kappa shape index (κ1) is 19.7. The van der Waals surface area contributed by atoms with Crippen molar-refractivity contribution in [3.63, 3.8) is 0 Å². The molecule has 1 amide bonds. The van der Waals surface area contributed by atoms with Gasteiger partial charge < -0.3 is 10.2 Å². The fourth-order valence-corrected chi connectivity index (χ4v) is 5.30. The Morgan fingerprint density at radius 1 is 1.14 bits per heavy atom. The van der Waals surface area contributed by atoms with Crippen LogP contribution < -0.4 is 10.2 Å². The molecule has 0 aliphatic heterocycles. The van der Waals surface area contributed by atoms with Gasteiger partial charge in [0.15, 0.2) is 0 Å². The molecule has 3 saturated carbocycles. The van der Waals surface area contributed by atoms with Crippen LogP contribution in [0.4, 0.5) is 10.1 Å². The van der Waals surface area contributed by atoms with Crippen molar-refractivity contribution >= 4 is 34.8 Å². The van der Waals surface area contributed by atoms with Crippen LogP contribution in [0.25, 0.3) is 0 Å². The summed E-state index contributed by atoms with van der Waals surface area (Å²) < 4.78 is 13.0. The largest absolute Gasteiger partial charge is 0.329 e. The Hall–Kier alpha value is -1.62. The van der Waals surface area contributed by atoms with E-state index in [4.69, 9.17) is 23.2 Å². The second-order valence-electron chi connectivity index (χ2n) is 8.60. The van der Waals surface area contributed by atoms with Crippen LogP contribution in [0.1, 0.15) is 31.7 Å². The SMILES string of the molecule is C[C@H](C(=O)Nc1ccc(F)cc1)C12CC([NH+](C)Cc3ccc(Cl)c(Cl)c3)(C1)C2. The van der Waals surface area contributed by atoms with E-state index in [1.165, 1.54) is 22.6 Å². The standard InChI is InChI=1S/C22H23Cl2FN2O/c1-14(20(28)26-17-6-4-16(25)5-7-17)21-11-22(12-21,13-21)27(2)10-15-3-8-18(23)19(24)9-15/h3-9,14H,10-13H2,1-2H3,(H,26,28)/p+1/t14-,21?,22?/m1/s1. The molecule has 148 valence electrons. The zero-order chi connectivity index (χ0) is 20.1. The Morgan fingerprint density at radius 3 is 2.39 bits per heavy atom. The quantitative estimate of drug-likeness (QED) is 0.714. The maximum Gasteiger partial charge on any atom is 0.227 e. The number of rotatable bonds is 6. The molecule has 2 atom stereocenters. The first-order chi connectivity index (χ1) is 13.2. The Morgan fingerprint density at radius 2 is 1.79 bits per heavy atom. The third-order valence-electron chi connectivity index (χ3n) is 6.85. The minimum Gasteiger partial charge on any atom is -0.329 e. The van der Waals surface area contributed by atoms with Gasteiger partial charge in [-0.2, -0.15) is 0 Å². The van der Waals surface area contributed by atoms with Crippen molar-refractivity contribution in [2.24, 2.45) is 11.3 Å². The van der Waals surface area contributed by atoms with Crippen molar-refractivity contribution < 1.29 is 14.1 Å². The second-order valence-corrected chi connectivity index (χ2v) is 9.41. The first-order valence-electron chi connectivity index (χ1n) is 9.56. The molecule has 3 aliphatic rings. The maximum atomic E-state index is 13.0. The van der Waals surface area contributed by atoms with Gasteiger partial charge in [0.05, 0.1) is 22.6 Å². The van der Waals surface area contributed by atoms with E-state index >= 15 is 0 Å². The van der Waals surface area contributed by atoms with Gasteiger partial charge in [-0.05, 0) is 41.8 Å². The Balaban J connectivity index is 1.34. The number of hydrogen-bond donors (Lipinski definition) is 2. The summed E-state index contributed by atoms with van der Waals surface area (Å²) in [5.41, 5.74) is 2.18. The molecule has 2 N–H and O–H groups in total. The van der Waals surface area contributed by atoms with E-state index in [0.717, 1.165) is 25.8 Å². The number of halogens is 3. The fraction of sp³-hybridized carbons (Fsp3) is 0.409. The summed E-state index contributed by atoms with van der Waals surface area (Å²) in [5.74, 6) is -0.348. The van der Waals surface area contributed by atoms with E-state index < -0.39 is 0 Å². The molecule has 0 spiro atoms. The highest BCUT2D eigenvalue weighted by atomic mass is 35.5. The maximum absolute atomic E-state index is 13.0. The van der Waals surface area contributed by atoms with Gasteiger partial charge in [0.1, 0.15) is 12.4 Å². The Kier molecular flexibility index (Phi) is 4.93. The molecule has 3 fully saturated rings. The summed E-state index contributed by atoms with van der Waals surface area (Å²) in [6.45, 7) is 2.90. The molecule has 1 unspecified atom stereocenters. The van der Waals surface area contributed by atoms with Crippen LogP contribution in [0.2, 0.25) is 10.0 Å². The summed E-state index contributed by atoms with van der Waals surface area (Å²) in [6.07, 6.45) is 3.18. The van der Waals surface area contributed by atoms with Crippen LogP contribution in [0.15, 0.2) is 42.5 Å². The number of benzene rings is 2. The molecule has 2 aromatic carbocycles. The molecule has 0 saturated heterocycles. The Labute approximate surface area is 174 Å². The number of anilines is 1. The average Bonchev–Trinajstić information content (AvgIpc) is 2.57. The number of quaternary nitrogens is 1. The van der Waals surface area contributed by atoms with Crippen LogP contribution in [0.5, 0.6) is 0 Å². The van der Waals surface area contributed by atoms with E-state index in [-0.39, 0.29) is 28.6 Å². The average molecular weight is 422 g/mol. The number of carbonyl (C=O) groups excluding carboxylic acids is 1. The number of amides is 1. The smallest absolute Gasteiger partial charge is 0.227 e. The lowest BCUT2D eigenvalue weighted by molar-refractivity contribution is -0.976. The molecule has 2 aromatic rings. The summed E-state index contributed by atoms with van der Waals surface area (Å²) in [6, 6.07) is 11.7. The van der Waals surface area contributed by atoms with Crippen molar-refractivity contribution in [1.82, 2.24) is 0 Å². The summed E-state index contributed by atoms with van der Waals surface area (Å²) in [5, 5.41) is 4.09. The van der Waals surface area contributed by atoms with Crippen molar-refractivity contribution in [3.8, 4) is 0 Å². The lowest BCUT2D eigenvalue weighted by atomic mass is 9.35. The van der Waals surface area contributed by atoms with E-state index in [0.29, 0.717) is 15.7 Å². The predicted molar refractivity (Wildman–Crippen MR) is 110 cm³/mol. The number of nitrogens with one attached hydrogen (secondary N) is 2. The third kappa shape index (κ3) is 3.32. The fourth-order valence-electron chi connectivity index (χ4n) is 4.98. The van der Waals surface area contributed by atoms with Crippen molar-refractivity contribution in [3.05, 3.63) is 63.9 Å². The molecule has 0 heterocycles. The van der Waals surface area contributed by atoms with Crippen molar-refractivity contribution in [2.75, 3.05) is 12.4 Å². The van der Waals surface area contributed by atoms with Crippen LogP contribution in [0.3, 0.4) is 0 Å². The van der Waals surface area contributed by atoms with E-state index in [1.807, 2.05) is 25.1 Å². The van der Waals surface area contributed by atoms with Crippen LogP contribution in [-0.2, 0) is 11.3 Å². The van der Waals surface area contributed by atoms with Gasteiger partial charge in [0.2, 0.25) is 5.91 Å². The van der Waals surface area contributed by atoms with Gasteiger partial charge >= 0.3 is 0 Å². The zero-order valence-corrected chi connectivity index (χ0v) is 17.5. The van der Waals surface area contributed by atoms with E-state index in [9.17, 15) is 9.18 Å². The van der Waals surface area contributed by atoms with Gasteiger partial charge in [0.25, 0.3) is 0 Å². The molecule has 0 radical (unpaired) electrons. The van der Waals surface area contributed by atoms with Gasteiger partial charge in [-0.1, -0.05) is 36.2 Å². The normalized spacial score (nSPS) is 27.3. The molecule has 3 aliphatic carbocycles. The van der Waals surface area contributed by atoms with Gasteiger partial charge in [-0.15, -0.1) is 0 Å². The number of carbonyl (C=O) groups is 1. The van der Waals surface area contributed by atoms with Crippen LogP contribution in [0, 0.1) is 17.2 Å². The minimum atomic E-state index is -0.305. The first-order valence-corrected chi connectivity index (χ1v) is 10.3. The van der Waals surface area contributed by atoms with Crippen LogP contribution in [-0.4, -0.2) is 18.5 Å². The molecule has 6 heteroatoms. The molecule has 2 bridgehead atoms.